The maximum Gasteiger partial charge on any atom is 0.0457 e. The molecular weight excluding hydrogens is 194 g/mol. The van der Waals surface area contributed by atoms with Gasteiger partial charge in [-0.05, 0) is 43.7 Å². The van der Waals surface area contributed by atoms with Crippen molar-refractivity contribution in [2.45, 2.75) is 20.8 Å². The van der Waals surface area contributed by atoms with Crippen LogP contribution < -0.4 is 10.6 Å². The van der Waals surface area contributed by atoms with Gasteiger partial charge in [0.25, 0.3) is 0 Å². The standard InChI is InChI=1S/C15H19N/c1-5-8-10-14-12(4)13(7-3)15(16-14)11-9-6-2/h5-11,16H,1H2,2-4H3/b9-6-,10-8-,13-7-,15-11+. The molecular formula is C15H19N. The molecule has 0 aliphatic heterocycles. The van der Waals surface area contributed by atoms with Crippen molar-refractivity contribution in [3.63, 3.8) is 0 Å². The van der Waals surface area contributed by atoms with Crippen LogP contribution in [-0.4, -0.2) is 4.98 Å². The Kier molecular flexibility index (Phi) is 4.59. The molecule has 0 unspecified atom stereocenters. The number of aromatic nitrogens is 1. The third-order valence-electron chi connectivity index (χ3n) is 2.51. The third-order valence-corrected chi connectivity index (χ3v) is 2.51. The molecule has 0 bridgehead atoms. The summed E-state index contributed by atoms with van der Waals surface area (Å²) < 4.78 is 0. The van der Waals surface area contributed by atoms with Crippen molar-refractivity contribution >= 4 is 18.2 Å². The van der Waals surface area contributed by atoms with Gasteiger partial charge in [-0.2, -0.15) is 0 Å². The van der Waals surface area contributed by atoms with Crippen LogP contribution in [0.25, 0.3) is 18.2 Å². The third kappa shape index (κ3) is 2.63. The Morgan fingerprint density at radius 3 is 2.50 bits per heavy atom. The van der Waals surface area contributed by atoms with Crippen LogP contribution in [0.3, 0.4) is 0 Å². The van der Waals surface area contributed by atoms with E-state index < -0.39 is 0 Å². The van der Waals surface area contributed by atoms with Gasteiger partial charge in [-0.15, -0.1) is 0 Å². The molecule has 1 rings (SSSR count). The predicted molar refractivity (Wildman–Crippen MR) is 73.4 cm³/mol. The van der Waals surface area contributed by atoms with E-state index in [1.54, 1.807) is 6.08 Å². The summed E-state index contributed by atoms with van der Waals surface area (Å²) in [6.07, 6.45) is 14.1. The molecule has 0 spiro atoms. The molecule has 1 heteroatoms. The number of hydrogen-bond acceptors (Lipinski definition) is 0. The van der Waals surface area contributed by atoms with Crippen LogP contribution in [0.2, 0.25) is 0 Å². The average Bonchev–Trinajstić information content (AvgIpc) is 2.60. The van der Waals surface area contributed by atoms with E-state index in [0.29, 0.717) is 0 Å². The minimum Gasteiger partial charge on any atom is -0.355 e. The van der Waals surface area contributed by atoms with Crippen molar-refractivity contribution in [1.82, 2.24) is 4.98 Å². The second-order valence-electron chi connectivity index (χ2n) is 3.57. The van der Waals surface area contributed by atoms with Crippen LogP contribution in [0.5, 0.6) is 0 Å². The Bertz CT molecular complexity index is 525. The van der Waals surface area contributed by atoms with Crippen LogP contribution in [0.1, 0.15) is 25.1 Å². The summed E-state index contributed by atoms with van der Waals surface area (Å²) in [5, 5.41) is 2.42. The molecule has 0 saturated carbocycles. The number of rotatable bonds is 3. The maximum atomic E-state index is 3.68. The van der Waals surface area contributed by atoms with E-state index in [9.17, 15) is 0 Å². The van der Waals surface area contributed by atoms with Crippen molar-refractivity contribution in [2.75, 3.05) is 0 Å². The van der Waals surface area contributed by atoms with E-state index in [-0.39, 0.29) is 0 Å². The topological polar surface area (TPSA) is 15.8 Å². The molecule has 1 N–H and O–H groups in total. The molecule has 0 aromatic carbocycles. The molecule has 1 aromatic rings. The number of H-pyrrole nitrogens is 1. The minimum absolute atomic E-state index is 1.14. The Hall–Kier alpha value is -1.76. The highest BCUT2D eigenvalue weighted by atomic mass is 14.7. The predicted octanol–water partition coefficient (Wildman–Crippen LogP) is 2.68. The lowest BCUT2D eigenvalue weighted by molar-refractivity contribution is 1.29. The second-order valence-corrected chi connectivity index (χ2v) is 3.57. The summed E-state index contributed by atoms with van der Waals surface area (Å²) >= 11 is 0. The zero-order chi connectivity index (χ0) is 12.0. The lowest BCUT2D eigenvalue weighted by atomic mass is 10.2. The van der Waals surface area contributed by atoms with Gasteiger partial charge in [0.05, 0.1) is 0 Å². The first-order valence-corrected chi connectivity index (χ1v) is 5.51. The highest BCUT2D eigenvalue weighted by molar-refractivity contribution is 5.54. The lowest BCUT2D eigenvalue weighted by Gasteiger charge is -1.88. The van der Waals surface area contributed by atoms with Crippen molar-refractivity contribution in [3.05, 3.63) is 52.7 Å². The number of aromatic amines is 1. The van der Waals surface area contributed by atoms with Gasteiger partial charge < -0.3 is 4.98 Å². The molecule has 1 nitrogen and oxygen atoms in total. The van der Waals surface area contributed by atoms with Crippen LogP contribution >= 0.6 is 0 Å². The molecule has 84 valence electrons. The first kappa shape index (κ1) is 12.3. The van der Waals surface area contributed by atoms with Crippen molar-refractivity contribution in [2.24, 2.45) is 0 Å². The maximum absolute atomic E-state index is 3.68. The van der Waals surface area contributed by atoms with Gasteiger partial charge in [-0.3, -0.25) is 0 Å². The van der Waals surface area contributed by atoms with E-state index in [2.05, 4.69) is 37.6 Å². The molecule has 1 aromatic heterocycles. The lowest BCUT2D eigenvalue weighted by Crippen LogP contribution is -2.23. The number of nitrogens with one attached hydrogen (secondary N) is 1. The summed E-state index contributed by atoms with van der Waals surface area (Å²) in [6.45, 7) is 9.88. The smallest absolute Gasteiger partial charge is 0.0457 e. The van der Waals surface area contributed by atoms with E-state index in [1.165, 1.54) is 10.8 Å². The summed E-state index contributed by atoms with van der Waals surface area (Å²) in [5.41, 5.74) is 2.42. The molecule has 0 radical (unpaired) electrons. The highest BCUT2D eigenvalue weighted by Crippen LogP contribution is 1.99. The fraction of sp³-hybridized carbons (Fsp3) is 0.200. The summed E-state index contributed by atoms with van der Waals surface area (Å²) in [5.74, 6) is 0. The summed E-state index contributed by atoms with van der Waals surface area (Å²) in [7, 11) is 0. The molecule has 0 atom stereocenters. The Balaban J connectivity index is 3.43. The minimum atomic E-state index is 1.14. The Labute approximate surface area is 97.2 Å². The monoisotopic (exact) mass is 213 g/mol. The van der Waals surface area contributed by atoms with Crippen molar-refractivity contribution < 1.29 is 0 Å². The average molecular weight is 213 g/mol. The van der Waals surface area contributed by atoms with E-state index in [4.69, 9.17) is 0 Å². The van der Waals surface area contributed by atoms with Crippen LogP contribution in [-0.2, 0) is 0 Å². The quantitative estimate of drug-likeness (QED) is 0.743. The number of allylic oxidation sites excluding steroid dienone is 4. The SMILES string of the molecule is C=C/C=C\c1[nH]c(=C/C=C\C)/c(=C\C)c1C. The zero-order valence-corrected chi connectivity index (χ0v) is 10.2. The fourth-order valence-electron chi connectivity index (χ4n) is 1.68. The second kappa shape index (κ2) is 5.96. The first-order chi connectivity index (χ1) is 7.74. The molecule has 0 fully saturated rings. The van der Waals surface area contributed by atoms with E-state index in [0.717, 1.165) is 11.0 Å². The van der Waals surface area contributed by atoms with Gasteiger partial charge in [0.2, 0.25) is 0 Å². The van der Waals surface area contributed by atoms with Gasteiger partial charge in [-0.1, -0.05) is 37.0 Å². The molecule has 0 amide bonds. The van der Waals surface area contributed by atoms with E-state index >= 15 is 0 Å². The van der Waals surface area contributed by atoms with Crippen LogP contribution in [0, 0.1) is 6.92 Å². The van der Waals surface area contributed by atoms with Gasteiger partial charge in [0.1, 0.15) is 0 Å². The van der Waals surface area contributed by atoms with E-state index in [1.807, 2.05) is 31.2 Å². The molecule has 0 saturated heterocycles. The van der Waals surface area contributed by atoms with Gasteiger partial charge in [0.15, 0.2) is 0 Å². The molecule has 16 heavy (non-hydrogen) atoms. The normalized spacial score (nSPS) is 14.4. The Morgan fingerprint density at radius 2 is 1.94 bits per heavy atom. The first-order valence-electron chi connectivity index (χ1n) is 5.51. The zero-order valence-electron chi connectivity index (χ0n) is 10.2. The van der Waals surface area contributed by atoms with Crippen molar-refractivity contribution in [1.29, 1.82) is 0 Å². The van der Waals surface area contributed by atoms with Gasteiger partial charge >= 0.3 is 0 Å². The van der Waals surface area contributed by atoms with Crippen LogP contribution in [0.4, 0.5) is 0 Å². The number of hydrogen-bond donors (Lipinski definition) is 1. The van der Waals surface area contributed by atoms with Gasteiger partial charge in [-0.25, -0.2) is 0 Å². The van der Waals surface area contributed by atoms with Gasteiger partial charge in [0, 0.05) is 11.0 Å². The Morgan fingerprint density at radius 1 is 1.19 bits per heavy atom. The highest BCUT2D eigenvalue weighted by Gasteiger charge is 1.99. The van der Waals surface area contributed by atoms with Crippen LogP contribution in [0.15, 0.2) is 30.9 Å². The molecule has 0 aliphatic carbocycles. The van der Waals surface area contributed by atoms with Crippen molar-refractivity contribution in [3.8, 4) is 0 Å². The molecule has 0 aliphatic rings. The fourth-order valence-corrected chi connectivity index (χ4v) is 1.68. The summed E-state index contributed by atoms with van der Waals surface area (Å²) in [4.78, 5) is 3.40. The largest absolute Gasteiger partial charge is 0.355 e. The molecule has 1 heterocycles. The summed E-state index contributed by atoms with van der Waals surface area (Å²) in [6, 6.07) is 0.